The van der Waals surface area contributed by atoms with Gasteiger partial charge >= 0.3 is 29.6 Å². The minimum atomic E-state index is -3.96. The second kappa shape index (κ2) is 5.88. The van der Waals surface area contributed by atoms with Crippen LogP contribution in [0.25, 0.3) is 0 Å². The number of nitriles is 1. The van der Waals surface area contributed by atoms with Crippen molar-refractivity contribution in [2.75, 3.05) is 0 Å². The first-order valence-corrected chi connectivity index (χ1v) is 5.03. The van der Waals surface area contributed by atoms with Gasteiger partial charge in [-0.15, -0.1) is 0 Å². The predicted molar refractivity (Wildman–Crippen MR) is 55.6 cm³/mol. The quantitative estimate of drug-likeness (QED) is 0.246. The molecule has 0 amide bonds. The summed E-state index contributed by atoms with van der Waals surface area (Å²) in [7, 11) is -3.96. The van der Waals surface area contributed by atoms with E-state index in [1.165, 1.54) is 30.3 Å². The molecular formula is C8H7N2NaO3S. The summed E-state index contributed by atoms with van der Waals surface area (Å²) in [4.78, 5) is -0.0747. The van der Waals surface area contributed by atoms with Crippen molar-refractivity contribution < 1.29 is 13.6 Å². The second-order valence-electron chi connectivity index (χ2n) is 2.33. The van der Waals surface area contributed by atoms with Crippen LogP contribution in [0.4, 0.5) is 0 Å². The second-order valence-corrected chi connectivity index (χ2v) is 4.20. The third-order valence-corrected chi connectivity index (χ3v) is 3.07. The molecule has 0 aliphatic heterocycles. The van der Waals surface area contributed by atoms with Crippen LogP contribution in [-0.2, 0) is 9.84 Å². The normalized spacial score (nSPS) is 11.3. The topological polar surface area (TPSA) is 90.5 Å². The van der Waals surface area contributed by atoms with E-state index in [-0.39, 0.29) is 34.5 Å². The third-order valence-electron chi connectivity index (χ3n) is 1.49. The van der Waals surface area contributed by atoms with Crippen LogP contribution >= 0.6 is 0 Å². The zero-order valence-corrected chi connectivity index (χ0v) is 7.77. The van der Waals surface area contributed by atoms with Gasteiger partial charge in [0, 0.05) is 0 Å². The summed E-state index contributed by atoms with van der Waals surface area (Å²) in [6, 6.07) is 8.60. The van der Waals surface area contributed by atoms with Gasteiger partial charge in [0.05, 0.1) is 4.90 Å². The summed E-state index contributed by atoms with van der Waals surface area (Å²) in [5.74, 6) is 0. The Bertz CT molecular complexity index is 490. The molecule has 0 radical (unpaired) electrons. The number of sulfone groups is 1. The van der Waals surface area contributed by atoms with Crippen LogP contribution in [-0.4, -0.2) is 48.2 Å². The van der Waals surface area contributed by atoms with Crippen molar-refractivity contribution in [1.82, 2.24) is 0 Å². The van der Waals surface area contributed by atoms with Crippen molar-refractivity contribution in [1.29, 1.82) is 5.26 Å². The van der Waals surface area contributed by atoms with Crippen LogP contribution < -0.4 is 0 Å². The van der Waals surface area contributed by atoms with Crippen molar-refractivity contribution in [2.45, 2.75) is 4.90 Å². The van der Waals surface area contributed by atoms with Gasteiger partial charge in [-0.05, 0) is 12.1 Å². The average molecular weight is 234 g/mol. The third kappa shape index (κ3) is 3.04. The fourth-order valence-corrected chi connectivity index (χ4v) is 1.81. The van der Waals surface area contributed by atoms with Crippen LogP contribution in [0.3, 0.4) is 0 Å². The summed E-state index contributed by atoms with van der Waals surface area (Å²) in [5.41, 5.74) is 0. The van der Waals surface area contributed by atoms with Crippen molar-refractivity contribution in [3.05, 3.63) is 30.3 Å². The summed E-state index contributed by atoms with van der Waals surface area (Å²) in [6.07, 6.45) is 0. The fourth-order valence-electron chi connectivity index (χ4n) is 0.847. The van der Waals surface area contributed by atoms with Crippen molar-refractivity contribution in [2.24, 2.45) is 5.16 Å². The van der Waals surface area contributed by atoms with Gasteiger partial charge in [-0.3, -0.25) is 0 Å². The van der Waals surface area contributed by atoms with Gasteiger partial charge in [-0.2, -0.15) is 5.26 Å². The molecule has 1 aromatic rings. The van der Waals surface area contributed by atoms with Gasteiger partial charge in [-0.25, -0.2) is 8.42 Å². The molecule has 0 fully saturated rings. The van der Waals surface area contributed by atoms with Gasteiger partial charge in [-0.1, -0.05) is 23.4 Å². The maximum atomic E-state index is 11.5. The Morgan fingerprint density at radius 2 is 1.87 bits per heavy atom. The number of nitrogens with zero attached hydrogens (tertiary/aromatic N) is 2. The monoisotopic (exact) mass is 234 g/mol. The molecule has 1 rings (SSSR count). The Morgan fingerprint density at radius 1 is 1.33 bits per heavy atom. The Morgan fingerprint density at radius 3 is 2.27 bits per heavy atom. The number of oxime groups is 1. The SMILES string of the molecule is N#CC(=NO)S(=O)(=O)c1ccccc1.[NaH]. The van der Waals surface area contributed by atoms with E-state index in [0.717, 1.165) is 0 Å². The Kier molecular flexibility index (Phi) is 5.54. The molecule has 0 atom stereocenters. The predicted octanol–water partition coefficient (Wildman–Crippen LogP) is 0.123. The van der Waals surface area contributed by atoms with Crippen molar-refractivity contribution in [3.63, 3.8) is 0 Å². The number of hydrogen-bond acceptors (Lipinski definition) is 5. The molecule has 5 nitrogen and oxygen atoms in total. The molecule has 1 N–H and O–H groups in total. The van der Waals surface area contributed by atoms with Crippen LogP contribution in [0.1, 0.15) is 0 Å². The van der Waals surface area contributed by atoms with Crippen molar-refractivity contribution in [3.8, 4) is 6.07 Å². The summed E-state index contributed by atoms with van der Waals surface area (Å²) >= 11 is 0. The molecule has 74 valence electrons. The molecule has 0 aliphatic rings. The van der Waals surface area contributed by atoms with Gasteiger partial charge in [0.25, 0.3) is 5.04 Å². The van der Waals surface area contributed by atoms with E-state index in [2.05, 4.69) is 5.16 Å². The van der Waals surface area contributed by atoms with Crippen LogP contribution in [0, 0.1) is 11.3 Å². The Balaban J connectivity index is 0.00000196. The van der Waals surface area contributed by atoms with Gasteiger partial charge in [0.2, 0.25) is 9.84 Å². The van der Waals surface area contributed by atoms with E-state index in [4.69, 9.17) is 10.5 Å². The molecule has 15 heavy (non-hydrogen) atoms. The van der Waals surface area contributed by atoms with Crippen LogP contribution in [0.2, 0.25) is 0 Å². The zero-order valence-electron chi connectivity index (χ0n) is 6.95. The summed E-state index contributed by atoms with van der Waals surface area (Å²) < 4.78 is 23.0. The zero-order chi connectivity index (χ0) is 10.6. The van der Waals surface area contributed by atoms with E-state index in [1.807, 2.05) is 0 Å². The van der Waals surface area contributed by atoms with E-state index in [1.54, 1.807) is 6.07 Å². The molecular weight excluding hydrogens is 227 g/mol. The maximum absolute atomic E-state index is 11.5. The molecule has 0 bridgehead atoms. The number of benzene rings is 1. The molecule has 0 heterocycles. The van der Waals surface area contributed by atoms with Crippen LogP contribution in [0.15, 0.2) is 40.4 Å². The summed E-state index contributed by atoms with van der Waals surface area (Å²) in [5, 5.41) is 18.2. The van der Waals surface area contributed by atoms with E-state index in [0.29, 0.717) is 0 Å². The fraction of sp³-hybridized carbons (Fsp3) is 0. The van der Waals surface area contributed by atoms with Gasteiger partial charge in [0.15, 0.2) is 0 Å². The molecule has 0 spiro atoms. The first kappa shape index (κ1) is 14.1. The number of hydrogen-bond donors (Lipinski definition) is 1. The van der Waals surface area contributed by atoms with Crippen LogP contribution in [0.5, 0.6) is 0 Å². The number of rotatable bonds is 1. The van der Waals surface area contributed by atoms with Gasteiger partial charge in [0.1, 0.15) is 6.07 Å². The summed E-state index contributed by atoms with van der Waals surface area (Å²) in [6.45, 7) is 0. The molecule has 7 heteroatoms. The standard InChI is InChI=1S/C8H6N2O3S.Na.H/c9-6-8(10-11)14(12,13)7-4-2-1-3-5-7;;/h1-5,11H;;. The first-order valence-electron chi connectivity index (χ1n) is 3.55. The Labute approximate surface area is 109 Å². The molecule has 0 saturated heterocycles. The van der Waals surface area contributed by atoms with E-state index in [9.17, 15) is 8.42 Å². The first-order chi connectivity index (χ1) is 6.62. The Hall–Kier alpha value is -0.870. The van der Waals surface area contributed by atoms with Gasteiger partial charge < -0.3 is 5.21 Å². The molecule has 0 saturated carbocycles. The molecule has 0 aliphatic carbocycles. The van der Waals surface area contributed by atoms with E-state index >= 15 is 0 Å². The molecule has 1 aromatic carbocycles. The van der Waals surface area contributed by atoms with Crippen molar-refractivity contribution >= 4 is 44.4 Å². The minimum absolute atomic E-state index is 0. The molecule has 0 aromatic heterocycles. The average Bonchev–Trinajstić information content (AvgIpc) is 2.20. The van der Waals surface area contributed by atoms with E-state index < -0.39 is 14.9 Å². The molecule has 0 unspecified atom stereocenters.